The highest BCUT2D eigenvalue weighted by Crippen LogP contribution is 2.47. The second kappa shape index (κ2) is 8.95. The SMILES string of the molecule is CC(=O)OP(=O)(CCNC(=O)OCc1ccccc1)OC(C)=O. The first kappa shape index (κ1) is 18.7. The average molecular weight is 343 g/mol. The molecule has 1 aromatic rings. The predicted octanol–water partition coefficient (Wildman–Crippen LogP) is 2.23. The Balaban J connectivity index is 2.40. The Kier molecular flexibility index (Phi) is 7.28. The molecule has 1 N–H and O–H groups in total. The molecule has 0 unspecified atom stereocenters. The van der Waals surface area contributed by atoms with Gasteiger partial charge in [0.15, 0.2) is 0 Å². The average Bonchev–Trinajstić information content (AvgIpc) is 2.44. The van der Waals surface area contributed by atoms with Crippen molar-refractivity contribution in [3.8, 4) is 0 Å². The highest BCUT2D eigenvalue weighted by molar-refractivity contribution is 7.54. The van der Waals surface area contributed by atoms with Crippen molar-refractivity contribution in [1.82, 2.24) is 5.32 Å². The third-order valence-electron chi connectivity index (χ3n) is 2.40. The van der Waals surface area contributed by atoms with Crippen LogP contribution in [0, 0.1) is 0 Å². The maximum atomic E-state index is 12.1. The van der Waals surface area contributed by atoms with Gasteiger partial charge in [-0.3, -0.25) is 9.59 Å². The fraction of sp³-hybridized carbons (Fsp3) is 0.357. The fourth-order valence-corrected chi connectivity index (χ4v) is 2.96. The Morgan fingerprint density at radius 2 is 1.61 bits per heavy atom. The second-order valence-corrected chi connectivity index (χ2v) is 6.52. The Labute approximate surface area is 133 Å². The van der Waals surface area contributed by atoms with Crippen molar-refractivity contribution >= 4 is 25.6 Å². The van der Waals surface area contributed by atoms with Gasteiger partial charge in [-0.2, -0.15) is 0 Å². The first-order chi connectivity index (χ1) is 10.8. The number of benzene rings is 1. The smallest absolute Gasteiger partial charge is 0.436 e. The fourth-order valence-electron chi connectivity index (χ4n) is 1.57. The lowest BCUT2D eigenvalue weighted by Gasteiger charge is -2.16. The molecule has 0 bridgehead atoms. The molecule has 0 aliphatic heterocycles. The van der Waals surface area contributed by atoms with Gasteiger partial charge in [0.05, 0.1) is 6.16 Å². The maximum absolute atomic E-state index is 12.1. The van der Waals surface area contributed by atoms with Crippen molar-refractivity contribution in [2.45, 2.75) is 20.5 Å². The summed E-state index contributed by atoms with van der Waals surface area (Å²) in [7, 11) is -3.93. The first-order valence-corrected chi connectivity index (χ1v) is 8.47. The Morgan fingerprint density at radius 3 is 2.13 bits per heavy atom. The molecule has 0 heterocycles. The van der Waals surface area contributed by atoms with Gasteiger partial charge in [-0.25, -0.2) is 9.36 Å². The topological polar surface area (TPSA) is 108 Å². The maximum Gasteiger partial charge on any atom is 0.436 e. The molecule has 0 atom stereocenters. The highest BCUT2D eigenvalue weighted by atomic mass is 31.2. The van der Waals surface area contributed by atoms with E-state index in [9.17, 15) is 18.9 Å². The van der Waals surface area contributed by atoms with Crippen LogP contribution in [-0.4, -0.2) is 30.7 Å². The van der Waals surface area contributed by atoms with Gasteiger partial charge in [0.25, 0.3) is 0 Å². The Morgan fingerprint density at radius 1 is 1.04 bits per heavy atom. The van der Waals surface area contributed by atoms with Gasteiger partial charge in [-0.1, -0.05) is 30.3 Å². The monoisotopic (exact) mass is 343 g/mol. The van der Waals surface area contributed by atoms with Gasteiger partial charge in [-0.05, 0) is 5.56 Å². The molecule has 0 aromatic heterocycles. The van der Waals surface area contributed by atoms with E-state index in [-0.39, 0.29) is 19.3 Å². The minimum Gasteiger partial charge on any atom is -0.445 e. The van der Waals surface area contributed by atoms with E-state index in [1.807, 2.05) is 18.2 Å². The summed E-state index contributed by atoms with van der Waals surface area (Å²) in [6.07, 6.45) is -1.07. The third-order valence-corrected chi connectivity index (χ3v) is 4.24. The van der Waals surface area contributed by atoms with Crippen LogP contribution in [0.3, 0.4) is 0 Å². The molecule has 0 aliphatic rings. The van der Waals surface area contributed by atoms with Gasteiger partial charge in [0, 0.05) is 20.4 Å². The van der Waals surface area contributed by atoms with Gasteiger partial charge in [0.2, 0.25) is 0 Å². The van der Waals surface area contributed by atoms with Gasteiger partial charge < -0.3 is 19.1 Å². The van der Waals surface area contributed by atoms with Crippen molar-refractivity contribution in [3.63, 3.8) is 0 Å². The van der Waals surface area contributed by atoms with E-state index in [4.69, 9.17) is 4.74 Å². The van der Waals surface area contributed by atoms with Crippen LogP contribution in [0.15, 0.2) is 30.3 Å². The van der Waals surface area contributed by atoms with Gasteiger partial charge in [-0.15, -0.1) is 0 Å². The quantitative estimate of drug-likeness (QED) is 0.756. The van der Waals surface area contributed by atoms with Crippen LogP contribution >= 0.6 is 7.60 Å². The number of carbonyl (C=O) groups excluding carboxylic acids is 3. The zero-order valence-corrected chi connectivity index (χ0v) is 13.7. The molecule has 9 heteroatoms. The van der Waals surface area contributed by atoms with E-state index in [1.165, 1.54) is 0 Å². The van der Waals surface area contributed by atoms with E-state index >= 15 is 0 Å². The van der Waals surface area contributed by atoms with E-state index in [0.29, 0.717) is 0 Å². The zero-order chi connectivity index (χ0) is 17.3. The summed E-state index contributed by atoms with van der Waals surface area (Å²) in [5.41, 5.74) is 0.813. The standard InChI is InChI=1S/C14H18NO7P/c1-11(16)21-23(19,22-12(2)17)9-8-15-14(18)20-10-13-6-4-3-5-7-13/h3-7H,8-10H2,1-2H3,(H,15,18). The third kappa shape index (κ3) is 8.01. The molecule has 0 spiro atoms. The molecular weight excluding hydrogens is 325 g/mol. The van der Waals surface area contributed by atoms with Crippen molar-refractivity contribution in [3.05, 3.63) is 35.9 Å². The largest absolute Gasteiger partial charge is 0.445 e. The predicted molar refractivity (Wildman–Crippen MR) is 80.6 cm³/mol. The van der Waals surface area contributed by atoms with Crippen LogP contribution in [0.4, 0.5) is 4.79 Å². The van der Waals surface area contributed by atoms with Crippen LogP contribution in [0.25, 0.3) is 0 Å². The van der Waals surface area contributed by atoms with E-state index in [1.54, 1.807) is 12.1 Å². The summed E-state index contributed by atoms with van der Waals surface area (Å²) < 4.78 is 26.1. The molecule has 1 amide bonds. The van der Waals surface area contributed by atoms with Crippen molar-refractivity contribution in [2.24, 2.45) is 0 Å². The van der Waals surface area contributed by atoms with Crippen molar-refractivity contribution in [1.29, 1.82) is 0 Å². The summed E-state index contributed by atoms with van der Waals surface area (Å²) in [5.74, 6) is -1.69. The summed E-state index contributed by atoms with van der Waals surface area (Å²) in [5, 5.41) is 2.34. The van der Waals surface area contributed by atoms with Crippen LogP contribution in [0.5, 0.6) is 0 Å². The number of nitrogens with one attached hydrogen (secondary N) is 1. The molecular formula is C14H18NO7P. The summed E-state index contributed by atoms with van der Waals surface area (Å²) >= 11 is 0. The van der Waals surface area contributed by atoms with Gasteiger partial charge >= 0.3 is 25.6 Å². The Bertz CT molecular complexity index is 582. The van der Waals surface area contributed by atoms with Crippen LogP contribution in [-0.2, 0) is 34.5 Å². The highest BCUT2D eigenvalue weighted by Gasteiger charge is 2.30. The number of alkyl carbamates (subject to hydrolysis) is 1. The minimum absolute atomic E-state index is 0.0816. The Hall–Kier alpha value is -2.34. The number of hydrogen-bond donors (Lipinski definition) is 1. The number of carbonyl (C=O) groups is 3. The van der Waals surface area contributed by atoms with E-state index in [2.05, 4.69) is 14.4 Å². The molecule has 1 aromatic carbocycles. The summed E-state index contributed by atoms with van der Waals surface area (Å²) in [6.45, 7) is 2.01. The van der Waals surface area contributed by atoms with Crippen LogP contribution in [0.1, 0.15) is 19.4 Å². The molecule has 1 rings (SSSR count). The van der Waals surface area contributed by atoms with E-state index in [0.717, 1.165) is 19.4 Å². The molecule has 0 aliphatic carbocycles. The van der Waals surface area contributed by atoms with Crippen LogP contribution in [0.2, 0.25) is 0 Å². The molecule has 126 valence electrons. The summed E-state index contributed by atoms with van der Waals surface area (Å²) in [6, 6.07) is 9.05. The number of amides is 1. The molecule has 0 radical (unpaired) electrons. The molecule has 8 nitrogen and oxygen atoms in total. The lowest BCUT2D eigenvalue weighted by molar-refractivity contribution is -0.136. The second-order valence-electron chi connectivity index (χ2n) is 4.49. The minimum atomic E-state index is -3.93. The molecule has 0 saturated carbocycles. The van der Waals surface area contributed by atoms with Crippen LogP contribution < -0.4 is 5.32 Å². The number of hydrogen-bond acceptors (Lipinski definition) is 7. The lowest BCUT2D eigenvalue weighted by Crippen LogP contribution is -2.28. The van der Waals surface area contributed by atoms with Gasteiger partial charge in [0.1, 0.15) is 6.61 Å². The van der Waals surface area contributed by atoms with Crippen molar-refractivity contribution < 1.29 is 32.7 Å². The first-order valence-electron chi connectivity index (χ1n) is 6.75. The number of ether oxygens (including phenoxy) is 1. The lowest BCUT2D eigenvalue weighted by atomic mass is 10.2. The normalized spacial score (nSPS) is 10.5. The van der Waals surface area contributed by atoms with Crippen molar-refractivity contribution in [2.75, 3.05) is 12.7 Å². The van der Waals surface area contributed by atoms with E-state index < -0.39 is 25.6 Å². The number of rotatable bonds is 7. The summed E-state index contributed by atoms with van der Waals surface area (Å²) in [4.78, 5) is 33.3. The molecule has 0 fully saturated rings. The zero-order valence-electron chi connectivity index (χ0n) is 12.8. The molecule has 23 heavy (non-hydrogen) atoms. The molecule has 0 saturated heterocycles.